The zero-order chi connectivity index (χ0) is 22.8. The average Bonchev–Trinajstić information content (AvgIpc) is 3.29. The number of amides is 1. The van der Waals surface area contributed by atoms with Crippen LogP contribution in [0, 0.1) is 0 Å². The maximum absolute atomic E-state index is 12.7. The van der Waals surface area contributed by atoms with Crippen LogP contribution >= 0.6 is 23.2 Å². The van der Waals surface area contributed by atoms with Crippen molar-refractivity contribution in [1.82, 2.24) is 14.8 Å². The molecule has 2 aliphatic heterocycles. The Balaban J connectivity index is 1.11. The van der Waals surface area contributed by atoms with Crippen molar-refractivity contribution in [1.29, 1.82) is 0 Å². The van der Waals surface area contributed by atoms with Crippen LogP contribution in [0.1, 0.15) is 42.7 Å². The third kappa shape index (κ3) is 4.98. The maximum Gasteiger partial charge on any atom is 0.246 e. The van der Waals surface area contributed by atoms with E-state index in [0.29, 0.717) is 22.0 Å². The number of fused-ring (bicyclic) bond motifs is 1. The highest BCUT2D eigenvalue weighted by molar-refractivity contribution is 6.42. The van der Waals surface area contributed by atoms with Crippen molar-refractivity contribution in [3.05, 3.63) is 75.9 Å². The molecule has 3 aromatic rings. The first kappa shape index (κ1) is 22.5. The summed E-state index contributed by atoms with van der Waals surface area (Å²) in [5.74, 6) is 0.697. The van der Waals surface area contributed by atoms with Gasteiger partial charge in [0, 0.05) is 42.3 Å². The van der Waals surface area contributed by atoms with Gasteiger partial charge in [-0.25, -0.2) is 0 Å². The van der Waals surface area contributed by atoms with Crippen LogP contribution in [0.2, 0.25) is 10.0 Å². The van der Waals surface area contributed by atoms with Gasteiger partial charge in [-0.3, -0.25) is 4.79 Å². The number of carbonyl (C=O) groups excluding carboxylic acids is 1. The van der Waals surface area contributed by atoms with E-state index >= 15 is 0 Å². The molecule has 6 heteroatoms. The van der Waals surface area contributed by atoms with Gasteiger partial charge in [-0.05, 0) is 80.1 Å². The summed E-state index contributed by atoms with van der Waals surface area (Å²) < 4.78 is 0. The first-order valence-corrected chi connectivity index (χ1v) is 12.6. The van der Waals surface area contributed by atoms with Crippen LogP contribution in [-0.4, -0.2) is 52.9 Å². The van der Waals surface area contributed by atoms with E-state index in [2.05, 4.69) is 40.3 Å². The zero-order valence-electron chi connectivity index (χ0n) is 18.6. The Labute approximate surface area is 205 Å². The number of halogens is 2. The summed E-state index contributed by atoms with van der Waals surface area (Å²) >= 11 is 12.0. The van der Waals surface area contributed by atoms with E-state index in [-0.39, 0.29) is 5.91 Å². The number of nitrogens with one attached hydrogen (secondary N) is 1. The van der Waals surface area contributed by atoms with Crippen molar-refractivity contribution in [2.24, 2.45) is 0 Å². The number of H-pyrrole nitrogens is 1. The molecular formula is C27H29Cl2N3O. The van der Waals surface area contributed by atoms with E-state index in [1.807, 2.05) is 17.0 Å². The number of para-hydroxylation sites is 1. The Hall–Kier alpha value is -2.27. The largest absolute Gasteiger partial charge is 0.361 e. The van der Waals surface area contributed by atoms with Gasteiger partial charge in [0.1, 0.15) is 0 Å². The van der Waals surface area contributed by atoms with Gasteiger partial charge in [0.05, 0.1) is 10.0 Å². The molecule has 2 aromatic carbocycles. The van der Waals surface area contributed by atoms with Gasteiger partial charge in [-0.2, -0.15) is 0 Å². The minimum absolute atomic E-state index is 0.0672. The topological polar surface area (TPSA) is 39.3 Å². The Kier molecular flexibility index (Phi) is 6.77. The number of rotatable bonds is 4. The molecule has 2 aliphatic rings. The van der Waals surface area contributed by atoms with E-state index in [1.54, 1.807) is 18.2 Å². The SMILES string of the molecule is O=C(C=Cc1ccc(Cl)c(Cl)c1)N1CCC(N2CCC(c3c[nH]c4ccccc34)CC2)CC1. The van der Waals surface area contributed by atoms with Gasteiger partial charge in [-0.15, -0.1) is 0 Å². The van der Waals surface area contributed by atoms with Crippen LogP contribution < -0.4 is 0 Å². The highest BCUT2D eigenvalue weighted by Gasteiger charge is 2.30. The number of piperidine rings is 2. The molecule has 1 aromatic heterocycles. The van der Waals surface area contributed by atoms with Crippen molar-refractivity contribution < 1.29 is 4.79 Å². The number of aromatic amines is 1. The lowest BCUT2D eigenvalue weighted by molar-refractivity contribution is -0.127. The molecule has 0 atom stereocenters. The van der Waals surface area contributed by atoms with E-state index in [4.69, 9.17) is 23.2 Å². The second kappa shape index (κ2) is 9.92. The Morgan fingerprint density at radius 3 is 2.45 bits per heavy atom. The molecule has 0 spiro atoms. The lowest BCUT2D eigenvalue weighted by Crippen LogP contribution is -2.48. The van der Waals surface area contributed by atoms with E-state index in [9.17, 15) is 4.79 Å². The minimum Gasteiger partial charge on any atom is -0.361 e. The van der Waals surface area contributed by atoms with Crippen LogP contribution in [0.4, 0.5) is 0 Å². The van der Waals surface area contributed by atoms with Gasteiger partial charge in [-0.1, -0.05) is 47.5 Å². The van der Waals surface area contributed by atoms with Crippen LogP contribution in [0.25, 0.3) is 17.0 Å². The molecule has 1 N–H and O–H groups in total. The molecule has 0 aliphatic carbocycles. The summed E-state index contributed by atoms with van der Waals surface area (Å²) in [5, 5.41) is 2.39. The molecule has 4 nitrogen and oxygen atoms in total. The summed E-state index contributed by atoms with van der Waals surface area (Å²) in [6.07, 6.45) is 10.2. The van der Waals surface area contributed by atoms with Crippen molar-refractivity contribution >= 4 is 46.1 Å². The fraction of sp³-hybridized carbons (Fsp3) is 0.370. The third-order valence-corrected chi connectivity index (χ3v) is 7.98. The summed E-state index contributed by atoms with van der Waals surface area (Å²) in [7, 11) is 0. The number of carbonyl (C=O) groups is 1. The monoisotopic (exact) mass is 481 g/mol. The molecule has 5 rings (SSSR count). The van der Waals surface area contributed by atoms with Gasteiger partial charge in [0.15, 0.2) is 0 Å². The predicted molar refractivity (Wildman–Crippen MR) is 137 cm³/mol. The molecule has 0 unspecified atom stereocenters. The van der Waals surface area contributed by atoms with Crippen LogP contribution in [-0.2, 0) is 4.79 Å². The summed E-state index contributed by atoms with van der Waals surface area (Å²) in [6.45, 7) is 3.91. The Bertz CT molecular complexity index is 1160. The normalized spacial score (nSPS) is 19.0. The number of likely N-dealkylation sites (tertiary alicyclic amines) is 2. The van der Waals surface area contributed by atoms with Crippen LogP contribution in [0.5, 0.6) is 0 Å². The molecule has 3 heterocycles. The Morgan fingerprint density at radius 2 is 1.70 bits per heavy atom. The molecule has 1 amide bonds. The van der Waals surface area contributed by atoms with Crippen molar-refractivity contribution in [3.8, 4) is 0 Å². The van der Waals surface area contributed by atoms with E-state index < -0.39 is 0 Å². The van der Waals surface area contributed by atoms with Gasteiger partial charge in [0.2, 0.25) is 5.91 Å². The number of aromatic nitrogens is 1. The molecule has 33 heavy (non-hydrogen) atoms. The number of hydrogen-bond donors (Lipinski definition) is 1. The Morgan fingerprint density at radius 1 is 0.939 bits per heavy atom. The standard InChI is InChI=1S/C27H29Cl2N3O/c28-24-7-5-19(17-25(24)29)6-8-27(33)32-15-11-21(12-16-32)31-13-9-20(10-14-31)23-18-30-26-4-2-1-3-22(23)26/h1-8,17-18,20-21,30H,9-16H2. The van der Waals surface area contributed by atoms with Crippen molar-refractivity contribution in [2.45, 2.75) is 37.6 Å². The first-order chi connectivity index (χ1) is 16.1. The number of nitrogens with zero attached hydrogens (tertiary/aromatic N) is 2. The molecular weight excluding hydrogens is 453 g/mol. The number of hydrogen-bond acceptors (Lipinski definition) is 2. The third-order valence-electron chi connectivity index (χ3n) is 7.25. The fourth-order valence-electron chi connectivity index (χ4n) is 5.35. The lowest BCUT2D eigenvalue weighted by atomic mass is 9.88. The predicted octanol–water partition coefficient (Wildman–Crippen LogP) is 6.36. The zero-order valence-corrected chi connectivity index (χ0v) is 20.2. The number of benzene rings is 2. The second-order valence-electron chi connectivity index (χ2n) is 9.16. The smallest absolute Gasteiger partial charge is 0.246 e. The molecule has 0 radical (unpaired) electrons. The summed E-state index contributed by atoms with van der Waals surface area (Å²) in [6, 6.07) is 14.6. The molecule has 172 valence electrons. The lowest BCUT2D eigenvalue weighted by Gasteiger charge is -2.41. The van der Waals surface area contributed by atoms with Crippen LogP contribution in [0.3, 0.4) is 0 Å². The maximum atomic E-state index is 12.7. The molecule has 0 saturated carbocycles. The average molecular weight is 482 g/mol. The van der Waals surface area contributed by atoms with Gasteiger partial charge < -0.3 is 14.8 Å². The van der Waals surface area contributed by atoms with Crippen LogP contribution in [0.15, 0.2) is 54.7 Å². The van der Waals surface area contributed by atoms with E-state index in [0.717, 1.165) is 44.6 Å². The van der Waals surface area contributed by atoms with Gasteiger partial charge in [0.25, 0.3) is 0 Å². The first-order valence-electron chi connectivity index (χ1n) is 11.8. The highest BCUT2D eigenvalue weighted by atomic mass is 35.5. The fourth-order valence-corrected chi connectivity index (χ4v) is 5.65. The minimum atomic E-state index is 0.0672. The van der Waals surface area contributed by atoms with E-state index in [1.165, 1.54) is 29.3 Å². The molecule has 2 fully saturated rings. The quantitative estimate of drug-likeness (QED) is 0.440. The molecule has 0 bridgehead atoms. The van der Waals surface area contributed by atoms with Crippen molar-refractivity contribution in [3.63, 3.8) is 0 Å². The van der Waals surface area contributed by atoms with Crippen molar-refractivity contribution in [2.75, 3.05) is 26.2 Å². The second-order valence-corrected chi connectivity index (χ2v) is 9.98. The van der Waals surface area contributed by atoms with Gasteiger partial charge >= 0.3 is 0 Å². The highest BCUT2D eigenvalue weighted by Crippen LogP contribution is 2.34. The summed E-state index contributed by atoms with van der Waals surface area (Å²) in [5.41, 5.74) is 3.59. The molecule has 2 saturated heterocycles. The summed E-state index contributed by atoms with van der Waals surface area (Å²) in [4.78, 5) is 20.7.